The molecule has 1 saturated carbocycles. The first-order valence-electron chi connectivity index (χ1n) is 4.40. The van der Waals surface area contributed by atoms with Crippen molar-refractivity contribution >= 4 is 16.5 Å². The van der Waals surface area contributed by atoms with Gasteiger partial charge in [0.1, 0.15) is 5.54 Å². The Labute approximate surface area is 94.8 Å². The Bertz CT molecular complexity index is 418. The molecule has 0 atom stereocenters. The van der Waals surface area contributed by atoms with Crippen molar-refractivity contribution in [3.8, 4) is 0 Å². The molecule has 0 aliphatic heterocycles. The fraction of sp³-hybridized carbons (Fsp3) is 0.714. The lowest BCUT2D eigenvalue weighted by molar-refractivity contribution is -0.151. The van der Waals surface area contributed by atoms with Gasteiger partial charge in [0.2, 0.25) is 10.1 Å². The van der Waals surface area contributed by atoms with Crippen LogP contribution in [-0.4, -0.2) is 21.9 Å². The molecular weight excluding hydrogens is 272 g/mol. The van der Waals surface area contributed by atoms with E-state index in [2.05, 4.69) is 10.2 Å². The van der Waals surface area contributed by atoms with Crippen LogP contribution in [0.2, 0.25) is 0 Å². The van der Waals surface area contributed by atoms with E-state index in [1.807, 2.05) is 5.32 Å². The zero-order chi connectivity index (χ0) is 12.9. The first-order valence-corrected chi connectivity index (χ1v) is 5.21. The number of aromatic nitrogens is 2. The highest BCUT2D eigenvalue weighted by Crippen LogP contribution is 2.51. The Morgan fingerprint density at radius 2 is 1.65 bits per heavy atom. The predicted molar refractivity (Wildman–Crippen MR) is 46.6 cm³/mol. The number of nitrogens with one attached hydrogen (secondary N) is 1. The summed E-state index contributed by atoms with van der Waals surface area (Å²) >= 11 is 0.0645. The Morgan fingerprint density at radius 1 is 1.06 bits per heavy atom. The molecule has 0 bridgehead atoms. The van der Waals surface area contributed by atoms with E-state index < -0.39 is 28.0 Å². The van der Waals surface area contributed by atoms with Gasteiger partial charge in [-0.25, -0.2) is 0 Å². The SMILES string of the molecule is FC(F)(F)c1nnc(NC2(C(F)(F)F)CC2)s1. The first kappa shape index (κ1) is 12.4. The summed E-state index contributed by atoms with van der Waals surface area (Å²) in [6, 6.07) is 0. The maximum absolute atomic E-state index is 12.5. The Balaban J connectivity index is 2.13. The van der Waals surface area contributed by atoms with Crippen LogP contribution in [0.15, 0.2) is 0 Å². The van der Waals surface area contributed by atoms with Crippen LogP contribution in [0.3, 0.4) is 0 Å². The molecule has 0 aromatic carbocycles. The number of alkyl halides is 6. The standard InChI is InChI=1S/C7H5F6N3S/c8-6(9,10)3-15-16-4(17-3)14-5(1-2-5)7(11,12)13/h1-2H2,(H,14,16). The molecule has 1 aromatic rings. The maximum Gasteiger partial charge on any atom is 0.445 e. The molecule has 1 heterocycles. The minimum absolute atomic E-state index is 0.0645. The van der Waals surface area contributed by atoms with E-state index in [0.717, 1.165) is 0 Å². The second-order valence-corrected chi connectivity index (χ2v) is 4.59. The third-order valence-electron chi connectivity index (χ3n) is 2.31. The Hall–Kier alpha value is -1.06. The van der Waals surface area contributed by atoms with Crippen LogP contribution < -0.4 is 5.32 Å². The van der Waals surface area contributed by atoms with Gasteiger partial charge in [-0.3, -0.25) is 0 Å². The van der Waals surface area contributed by atoms with Crippen LogP contribution in [0.5, 0.6) is 0 Å². The summed E-state index contributed by atoms with van der Waals surface area (Å²) < 4.78 is 73.9. The van der Waals surface area contributed by atoms with Gasteiger partial charge in [-0.1, -0.05) is 11.3 Å². The Morgan fingerprint density at radius 3 is 2.00 bits per heavy atom. The number of rotatable bonds is 2. The minimum Gasteiger partial charge on any atom is -0.346 e. The van der Waals surface area contributed by atoms with Gasteiger partial charge in [-0.05, 0) is 12.8 Å². The van der Waals surface area contributed by atoms with Crippen molar-refractivity contribution in [3.63, 3.8) is 0 Å². The predicted octanol–water partition coefficient (Wildman–Crippen LogP) is 3.06. The van der Waals surface area contributed by atoms with Crippen molar-refractivity contribution in [3.05, 3.63) is 5.01 Å². The molecule has 3 nitrogen and oxygen atoms in total. The molecule has 96 valence electrons. The third kappa shape index (κ3) is 2.31. The summed E-state index contributed by atoms with van der Waals surface area (Å²) in [5.74, 6) is 0. The number of hydrogen-bond donors (Lipinski definition) is 1. The van der Waals surface area contributed by atoms with Crippen LogP contribution in [0.4, 0.5) is 31.5 Å². The van der Waals surface area contributed by atoms with Crippen molar-refractivity contribution in [2.75, 3.05) is 5.32 Å². The summed E-state index contributed by atoms with van der Waals surface area (Å²) in [6.45, 7) is 0. The van der Waals surface area contributed by atoms with Gasteiger partial charge in [0.05, 0.1) is 0 Å². The zero-order valence-corrected chi connectivity index (χ0v) is 8.80. The summed E-state index contributed by atoms with van der Waals surface area (Å²) in [4.78, 5) is 0. The summed E-state index contributed by atoms with van der Waals surface area (Å²) in [5.41, 5.74) is -2.13. The van der Waals surface area contributed by atoms with Gasteiger partial charge in [0.25, 0.3) is 0 Å². The van der Waals surface area contributed by atoms with Crippen LogP contribution in [-0.2, 0) is 6.18 Å². The molecule has 0 saturated heterocycles. The lowest BCUT2D eigenvalue weighted by Crippen LogP contribution is -2.38. The number of hydrogen-bond acceptors (Lipinski definition) is 4. The monoisotopic (exact) mass is 277 g/mol. The van der Waals surface area contributed by atoms with Gasteiger partial charge < -0.3 is 5.32 Å². The van der Waals surface area contributed by atoms with E-state index in [1.165, 1.54) is 0 Å². The van der Waals surface area contributed by atoms with E-state index in [-0.39, 0.29) is 24.2 Å². The molecule has 1 N–H and O–H groups in total. The topological polar surface area (TPSA) is 37.8 Å². The molecule has 1 aromatic heterocycles. The van der Waals surface area contributed by atoms with Crippen LogP contribution in [0.1, 0.15) is 17.8 Å². The van der Waals surface area contributed by atoms with Crippen molar-refractivity contribution < 1.29 is 26.3 Å². The third-order valence-corrected chi connectivity index (χ3v) is 3.19. The van der Waals surface area contributed by atoms with Crippen LogP contribution in [0.25, 0.3) is 0 Å². The molecular formula is C7H5F6N3S. The average Bonchev–Trinajstić information content (AvgIpc) is 2.73. The molecule has 0 unspecified atom stereocenters. The van der Waals surface area contributed by atoms with Crippen molar-refractivity contribution in [1.82, 2.24) is 10.2 Å². The molecule has 1 aliphatic rings. The largest absolute Gasteiger partial charge is 0.445 e. The van der Waals surface area contributed by atoms with Crippen LogP contribution in [0, 0.1) is 0 Å². The normalized spacial score (nSPS) is 19.2. The fourth-order valence-corrected chi connectivity index (χ4v) is 1.91. The van der Waals surface area contributed by atoms with Crippen molar-refractivity contribution in [2.24, 2.45) is 0 Å². The minimum atomic E-state index is -4.69. The highest BCUT2D eigenvalue weighted by Gasteiger charge is 2.64. The highest BCUT2D eigenvalue weighted by molar-refractivity contribution is 7.15. The molecule has 0 radical (unpaired) electrons. The van der Waals surface area contributed by atoms with Crippen molar-refractivity contribution in [1.29, 1.82) is 0 Å². The first-order chi connectivity index (χ1) is 7.64. The van der Waals surface area contributed by atoms with E-state index >= 15 is 0 Å². The lowest BCUT2D eigenvalue weighted by atomic mass is 10.3. The number of anilines is 1. The molecule has 0 amide bonds. The molecule has 0 spiro atoms. The van der Waals surface area contributed by atoms with E-state index in [1.54, 1.807) is 0 Å². The van der Waals surface area contributed by atoms with Gasteiger partial charge in [-0.15, -0.1) is 10.2 Å². The quantitative estimate of drug-likeness (QED) is 0.844. The Kier molecular flexibility index (Phi) is 2.53. The van der Waals surface area contributed by atoms with Gasteiger partial charge in [0, 0.05) is 0 Å². The van der Waals surface area contributed by atoms with Crippen molar-refractivity contribution in [2.45, 2.75) is 30.7 Å². The second kappa shape index (κ2) is 3.47. The number of nitrogens with zero attached hydrogens (tertiary/aromatic N) is 2. The lowest BCUT2D eigenvalue weighted by Gasteiger charge is -2.19. The zero-order valence-electron chi connectivity index (χ0n) is 7.98. The van der Waals surface area contributed by atoms with Gasteiger partial charge in [-0.2, -0.15) is 26.3 Å². The second-order valence-electron chi connectivity index (χ2n) is 3.61. The summed E-state index contributed by atoms with van der Waals surface area (Å²) in [7, 11) is 0. The molecule has 1 aliphatic carbocycles. The highest BCUT2D eigenvalue weighted by atomic mass is 32.1. The van der Waals surface area contributed by atoms with Crippen LogP contribution >= 0.6 is 11.3 Å². The number of halogens is 6. The molecule has 2 rings (SSSR count). The van der Waals surface area contributed by atoms with Gasteiger partial charge in [0.15, 0.2) is 0 Å². The van der Waals surface area contributed by atoms with Gasteiger partial charge >= 0.3 is 12.4 Å². The maximum atomic E-state index is 12.5. The molecule has 10 heteroatoms. The van der Waals surface area contributed by atoms with E-state index in [4.69, 9.17) is 0 Å². The molecule has 1 fully saturated rings. The summed E-state index contributed by atoms with van der Waals surface area (Å²) in [6.07, 6.45) is -9.53. The van der Waals surface area contributed by atoms with E-state index in [9.17, 15) is 26.3 Å². The fourth-order valence-electron chi connectivity index (χ4n) is 1.20. The van der Waals surface area contributed by atoms with E-state index in [0.29, 0.717) is 0 Å². The average molecular weight is 277 g/mol. The molecule has 17 heavy (non-hydrogen) atoms. The smallest absolute Gasteiger partial charge is 0.346 e. The summed E-state index contributed by atoms with van der Waals surface area (Å²) in [5, 5.41) is 6.10.